The van der Waals surface area contributed by atoms with Crippen LogP contribution in [0.3, 0.4) is 0 Å². The number of carbonyl (C=O) groups is 13. The average molecular weight is 1220 g/mol. The van der Waals surface area contributed by atoms with Gasteiger partial charge in [0.25, 0.3) is 0 Å². The molecule has 0 aliphatic rings. The Hall–Kier alpha value is -8.89. The lowest BCUT2D eigenvalue weighted by Gasteiger charge is -2.28. The number of rotatable bonds is 38. The number of aliphatic carboxylic acids is 2. The third-order valence-corrected chi connectivity index (χ3v) is 12.6. The Kier molecular flexibility index (Phi) is 30.7. The van der Waals surface area contributed by atoms with E-state index in [0.717, 1.165) is 13.8 Å². The smallest absolute Gasteiger partial charge is 0.326 e. The molecule has 0 saturated carbocycles. The first-order valence-corrected chi connectivity index (χ1v) is 26.9. The Morgan fingerprint density at radius 3 is 1.44 bits per heavy atom. The molecule has 11 amide bonds. The zero-order valence-electron chi connectivity index (χ0n) is 47.7. The van der Waals surface area contributed by atoms with Crippen molar-refractivity contribution < 1.29 is 98.1 Å². The summed E-state index contributed by atoms with van der Waals surface area (Å²) in [7, 11) is 0. The van der Waals surface area contributed by atoms with E-state index in [2.05, 4.69) is 47.9 Å². The molecule has 0 unspecified atom stereocenters. The van der Waals surface area contributed by atoms with Gasteiger partial charge in [0.15, 0.2) is 0 Å². The number of carboxylic acid groups (broad SMARTS) is 2. The van der Waals surface area contributed by atoms with E-state index >= 15 is 0 Å². The summed E-state index contributed by atoms with van der Waals surface area (Å²) in [4.78, 5) is 170. The predicted octanol–water partition coefficient (Wildman–Crippen LogP) is -7.91. The van der Waals surface area contributed by atoms with Crippen molar-refractivity contribution in [3.63, 3.8) is 0 Å². The van der Waals surface area contributed by atoms with Crippen molar-refractivity contribution in [1.82, 2.24) is 53.2 Å². The fourth-order valence-electron chi connectivity index (χ4n) is 7.75. The van der Waals surface area contributed by atoms with Crippen molar-refractivity contribution in [1.29, 1.82) is 0 Å². The molecule has 0 heterocycles. The summed E-state index contributed by atoms with van der Waals surface area (Å²) in [6, 6.07) is -3.15. The second-order valence-corrected chi connectivity index (χ2v) is 20.5. The van der Waals surface area contributed by atoms with E-state index in [-0.39, 0.29) is 43.5 Å². The van der Waals surface area contributed by atoms with Crippen LogP contribution < -0.4 is 70.4 Å². The Labute approximate surface area is 493 Å². The van der Waals surface area contributed by atoms with E-state index < -0.39 is 182 Å². The quantitative estimate of drug-likeness (QED) is 0.0278. The molecule has 0 bridgehead atoms. The maximum atomic E-state index is 14.1. The summed E-state index contributed by atoms with van der Waals surface area (Å²) >= 11 is 0. The van der Waals surface area contributed by atoms with E-state index in [1.54, 1.807) is 30.3 Å². The van der Waals surface area contributed by atoms with E-state index in [1.165, 1.54) is 38.1 Å². The normalized spacial score (nSPS) is 15.0. The summed E-state index contributed by atoms with van der Waals surface area (Å²) in [6.07, 6.45) is -5.47. The van der Waals surface area contributed by atoms with Crippen LogP contribution in [-0.4, -0.2) is 211 Å². The van der Waals surface area contributed by atoms with Gasteiger partial charge in [-0.15, -0.1) is 0 Å². The number of aromatic hydroxyl groups is 1. The van der Waals surface area contributed by atoms with E-state index in [4.69, 9.17) is 17.2 Å². The van der Waals surface area contributed by atoms with Crippen molar-refractivity contribution in [3.8, 4) is 5.75 Å². The number of aliphatic hydroxyl groups is 4. The zero-order valence-corrected chi connectivity index (χ0v) is 47.7. The van der Waals surface area contributed by atoms with Gasteiger partial charge in [-0.1, -0.05) is 42.5 Å². The summed E-state index contributed by atoms with van der Waals surface area (Å²) in [5, 5.41) is 93.2. The molecule has 2 aromatic carbocycles. The minimum absolute atomic E-state index is 0.0608. The third-order valence-electron chi connectivity index (χ3n) is 12.6. The Morgan fingerprint density at radius 1 is 0.523 bits per heavy atom. The Bertz CT molecular complexity index is 2680. The molecule has 0 aliphatic carbocycles. The van der Waals surface area contributed by atoms with Gasteiger partial charge in [0.05, 0.1) is 43.9 Å². The number of carbonyl (C=O) groups excluding carboxylic acids is 11. The van der Waals surface area contributed by atoms with Gasteiger partial charge in [0, 0.05) is 19.3 Å². The number of phenolic OH excluding ortho intramolecular Hbond substituents is 1. The molecule has 0 aromatic heterocycles. The van der Waals surface area contributed by atoms with E-state index in [0.29, 0.717) is 18.4 Å². The fraction of sp³-hybridized carbons (Fsp3) is 0.528. The maximum Gasteiger partial charge on any atom is 0.326 e. The fourth-order valence-corrected chi connectivity index (χ4v) is 7.75. The van der Waals surface area contributed by atoms with Crippen LogP contribution in [0.1, 0.15) is 77.3 Å². The molecular formula is C53H79N13O20. The van der Waals surface area contributed by atoms with Gasteiger partial charge in [-0.2, -0.15) is 0 Å². The molecule has 0 radical (unpaired) electrons. The lowest BCUT2D eigenvalue weighted by Crippen LogP contribution is -2.63. The molecule has 23 N–H and O–H groups in total. The van der Waals surface area contributed by atoms with Crippen LogP contribution in [0, 0.1) is 0 Å². The molecule has 0 saturated heterocycles. The number of carboxylic acids is 2. The van der Waals surface area contributed by atoms with Gasteiger partial charge < -0.3 is 106 Å². The van der Waals surface area contributed by atoms with Gasteiger partial charge >= 0.3 is 11.9 Å². The van der Waals surface area contributed by atoms with Crippen molar-refractivity contribution in [2.75, 3.05) is 26.3 Å². The highest BCUT2D eigenvalue weighted by atomic mass is 16.4. The Balaban J connectivity index is 2.36. The van der Waals surface area contributed by atoms with Gasteiger partial charge in [-0.25, -0.2) is 4.79 Å². The van der Waals surface area contributed by atoms with Crippen molar-refractivity contribution in [2.45, 2.75) is 151 Å². The highest BCUT2D eigenvalue weighted by Gasteiger charge is 2.38. The summed E-state index contributed by atoms with van der Waals surface area (Å²) < 4.78 is 0. The second-order valence-electron chi connectivity index (χ2n) is 20.5. The van der Waals surface area contributed by atoms with Crippen molar-refractivity contribution >= 4 is 76.9 Å². The van der Waals surface area contributed by atoms with Crippen LogP contribution in [0.2, 0.25) is 0 Å². The van der Waals surface area contributed by atoms with Gasteiger partial charge in [0.2, 0.25) is 65.0 Å². The molecule has 33 nitrogen and oxygen atoms in total. The average Bonchev–Trinajstić information content (AvgIpc) is 3.31. The highest BCUT2D eigenvalue weighted by molar-refractivity contribution is 5.99. The molecule has 0 aliphatic heterocycles. The van der Waals surface area contributed by atoms with E-state index in [1.807, 2.05) is 5.32 Å². The first-order valence-electron chi connectivity index (χ1n) is 26.9. The predicted molar refractivity (Wildman–Crippen MR) is 299 cm³/mol. The minimum Gasteiger partial charge on any atom is -0.508 e. The topological polar surface area (TPSA) is 562 Å². The van der Waals surface area contributed by atoms with Crippen LogP contribution in [0.4, 0.5) is 0 Å². The SMILES string of the molecule is C[C@@H](O)[C@H](NC(=O)CNC(=O)[C@H](CCC(N)=O)NC(=O)C(C)(C)N)C(=O)N[C@@H](Cc1ccccc1)C(=O)N[C@H](C(=O)N[C@@H](CO)C(=O)N[C@@H](CC(=O)O)C(=O)N[C@@H](Cc1ccc(O)cc1)C(=O)N[C@@H](CO)C(=O)N[C@@H](CCCCN)C(=O)O)[C@@H](C)O. The van der Waals surface area contributed by atoms with Crippen LogP contribution in [0.25, 0.3) is 0 Å². The number of aliphatic hydroxyl groups excluding tert-OH is 4. The molecule has 33 heteroatoms. The molecule has 2 aromatic rings. The molecule has 86 heavy (non-hydrogen) atoms. The lowest BCUT2D eigenvalue weighted by atomic mass is 10.0. The number of phenols is 1. The zero-order chi connectivity index (χ0) is 65.0. The summed E-state index contributed by atoms with van der Waals surface area (Å²) in [6.45, 7) is 1.85. The standard InChI is InChI=1S/C53H79N13O20/c1-26(69)41(65-39(73)23-57-43(76)31(17-18-38(55)72)64-52(86)53(3,4)56)49(82)61-34(20-28-10-6-5-7-11-28)46(79)66-42(27(2)70)50(83)63-37(25-68)48(81)60-35(22-40(74)75)45(78)59-33(21-29-13-15-30(71)16-14-29)44(77)62-36(24-67)47(80)58-32(51(84)85)12-8-9-19-54/h5-7,10-11,13-16,26-27,31-37,41-42,67-71H,8-9,12,17-25,54,56H2,1-4H3,(H2,55,72)(H,57,76)(H,58,80)(H,59,78)(H,60,81)(H,61,82)(H,62,77)(H,63,83)(H,64,86)(H,65,73)(H,66,79)(H,74,75)(H,84,85)/t26-,27-,31+,32+,33+,34+,35+,36+,37+,41+,42+/m1/s1. The van der Waals surface area contributed by atoms with Crippen molar-refractivity contribution in [2.24, 2.45) is 17.2 Å². The van der Waals surface area contributed by atoms with Crippen LogP contribution >= 0.6 is 0 Å². The molecule has 11 atom stereocenters. The van der Waals surface area contributed by atoms with Crippen LogP contribution in [0.15, 0.2) is 54.6 Å². The number of hydrogen-bond donors (Lipinski definition) is 20. The maximum absolute atomic E-state index is 14.1. The molecule has 2 rings (SSSR count). The second kappa shape index (κ2) is 36.1. The third kappa shape index (κ3) is 25.9. The number of benzene rings is 2. The number of nitrogens with two attached hydrogens (primary N) is 3. The largest absolute Gasteiger partial charge is 0.508 e. The first-order chi connectivity index (χ1) is 40.3. The number of unbranched alkanes of at least 4 members (excludes halogenated alkanes) is 1. The molecule has 476 valence electrons. The first kappa shape index (κ1) is 73.2. The number of hydrogen-bond acceptors (Lipinski definition) is 20. The molecule has 0 spiro atoms. The van der Waals surface area contributed by atoms with Crippen molar-refractivity contribution in [3.05, 3.63) is 65.7 Å². The Morgan fingerprint density at radius 2 is 0.965 bits per heavy atom. The summed E-state index contributed by atoms with van der Waals surface area (Å²) in [5.41, 5.74) is 15.7. The van der Waals surface area contributed by atoms with E-state index in [9.17, 15) is 98.1 Å². The van der Waals surface area contributed by atoms with Crippen LogP contribution in [0.5, 0.6) is 5.75 Å². The van der Waals surface area contributed by atoms with Gasteiger partial charge in [0.1, 0.15) is 60.1 Å². The lowest BCUT2D eigenvalue weighted by molar-refractivity contribution is -0.143. The summed E-state index contributed by atoms with van der Waals surface area (Å²) in [5.74, 6) is -15.8. The number of primary amides is 1. The highest BCUT2D eigenvalue weighted by Crippen LogP contribution is 2.13. The monoisotopic (exact) mass is 1220 g/mol. The number of nitrogens with one attached hydrogen (secondary N) is 10. The minimum atomic E-state index is -2.11. The van der Waals surface area contributed by atoms with Crippen LogP contribution in [-0.2, 0) is 75.2 Å². The number of amides is 11. The van der Waals surface area contributed by atoms with Gasteiger partial charge in [-0.05, 0) is 83.2 Å². The molecule has 0 fully saturated rings. The molecular weight excluding hydrogens is 1140 g/mol. The van der Waals surface area contributed by atoms with Gasteiger partial charge in [-0.3, -0.25) is 57.5 Å².